The van der Waals surface area contributed by atoms with Crippen molar-refractivity contribution < 1.29 is 24.3 Å². The number of aromatic amines is 1. The maximum absolute atomic E-state index is 12.7. The van der Waals surface area contributed by atoms with Crippen LogP contribution in [0, 0.1) is 0 Å². The lowest BCUT2D eigenvalue weighted by Crippen LogP contribution is -3.23. The van der Waals surface area contributed by atoms with Gasteiger partial charge in [-0.2, -0.15) is 0 Å². The number of piperazine rings is 1. The second-order valence-corrected chi connectivity index (χ2v) is 9.00. The fourth-order valence-corrected chi connectivity index (χ4v) is 5.41. The topological polar surface area (TPSA) is 64.6 Å². The summed E-state index contributed by atoms with van der Waals surface area (Å²) in [4.78, 5) is 21.5. The smallest absolute Gasteiger partial charge is 0.275 e. The van der Waals surface area contributed by atoms with Crippen LogP contribution in [0.1, 0.15) is 32.1 Å². The van der Waals surface area contributed by atoms with Crippen molar-refractivity contribution >= 4 is 11.7 Å². The van der Waals surface area contributed by atoms with E-state index in [1.807, 2.05) is 12.3 Å². The van der Waals surface area contributed by atoms with E-state index >= 15 is 0 Å². The second-order valence-electron chi connectivity index (χ2n) is 9.00. The van der Waals surface area contributed by atoms with Gasteiger partial charge in [0.05, 0.1) is 26.0 Å². The molecular weight excluding hydrogens is 366 g/mol. The summed E-state index contributed by atoms with van der Waals surface area (Å²) in [6.45, 7) is 9.32. The third kappa shape index (κ3) is 5.27. The maximum atomic E-state index is 12.7. The van der Waals surface area contributed by atoms with Crippen LogP contribution in [0.25, 0.3) is 0 Å². The summed E-state index contributed by atoms with van der Waals surface area (Å²) < 4.78 is 5.58. The van der Waals surface area contributed by atoms with Gasteiger partial charge >= 0.3 is 0 Å². The van der Waals surface area contributed by atoms with Crippen molar-refractivity contribution in [2.45, 2.75) is 37.6 Å². The number of anilines is 1. The van der Waals surface area contributed by atoms with Crippen molar-refractivity contribution in [1.29, 1.82) is 0 Å². The third-order valence-electron chi connectivity index (χ3n) is 7.20. The monoisotopic (exact) mass is 404 g/mol. The summed E-state index contributed by atoms with van der Waals surface area (Å²) in [7, 11) is 0. The fraction of sp³-hybridized carbons (Fsp3) is 0.727. The zero-order chi connectivity index (χ0) is 19.9. The van der Waals surface area contributed by atoms with Crippen LogP contribution in [-0.2, 0) is 9.53 Å². The van der Waals surface area contributed by atoms with Crippen LogP contribution in [0.5, 0.6) is 0 Å². The van der Waals surface area contributed by atoms with Crippen LogP contribution in [0.15, 0.2) is 24.4 Å². The Hall–Kier alpha value is -1.70. The van der Waals surface area contributed by atoms with Crippen molar-refractivity contribution in [3.05, 3.63) is 24.4 Å². The molecule has 3 aliphatic rings. The molecule has 2 saturated heterocycles. The van der Waals surface area contributed by atoms with Crippen LogP contribution in [-0.4, -0.2) is 77.0 Å². The molecule has 0 radical (unpaired) electrons. The number of carbonyl (C=O) groups excluding carboxylic acids is 1. The highest BCUT2D eigenvalue weighted by Crippen LogP contribution is 2.25. The predicted octanol–water partition coefficient (Wildman–Crippen LogP) is -2.06. The summed E-state index contributed by atoms with van der Waals surface area (Å²) in [5.41, 5.74) is 0.231. The number of ether oxygens (including phenoxy) is 1. The van der Waals surface area contributed by atoms with E-state index in [0.717, 1.165) is 59.0 Å². The molecule has 0 spiro atoms. The number of H-pyrrole nitrogens is 1. The summed E-state index contributed by atoms with van der Waals surface area (Å²) in [5.74, 6) is 1.39. The molecule has 3 fully saturated rings. The van der Waals surface area contributed by atoms with Crippen molar-refractivity contribution in [3.8, 4) is 0 Å². The van der Waals surface area contributed by atoms with Crippen LogP contribution in [0.4, 0.5) is 5.82 Å². The van der Waals surface area contributed by atoms with Crippen LogP contribution < -0.4 is 25.0 Å². The first-order valence-electron chi connectivity index (χ1n) is 11.5. The number of nitrogens with zero attached hydrogens (tertiary/aromatic N) is 1. The van der Waals surface area contributed by atoms with Gasteiger partial charge in [0, 0.05) is 18.9 Å². The number of quaternary nitrogens is 2. The average Bonchev–Trinajstić information content (AvgIpc) is 2.80. The molecule has 1 aliphatic carbocycles. The highest BCUT2D eigenvalue weighted by Gasteiger charge is 2.42. The molecule has 2 aliphatic heterocycles. The number of nitrogens with one attached hydrogen (secondary N) is 4. The first kappa shape index (κ1) is 20.6. The lowest BCUT2D eigenvalue weighted by molar-refractivity contribution is -0.960. The van der Waals surface area contributed by atoms with Crippen molar-refractivity contribution in [3.63, 3.8) is 0 Å². The highest BCUT2D eigenvalue weighted by molar-refractivity contribution is 5.76. The SMILES string of the molecule is O=C(C[NH+]1CCN(c2cccc[nH+]2)CC1)NCC1([NH+]2CCOCC2)CCCCC1. The van der Waals surface area contributed by atoms with Gasteiger partial charge in [-0.3, -0.25) is 9.69 Å². The summed E-state index contributed by atoms with van der Waals surface area (Å²) >= 11 is 0. The molecule has 1 aromatic rings. The quantitative estimate of drug-likeness (QED) is 0.511. The van der Waals surface area contributed by atoms with Crippen LogP contribution >= 0.6 is 0 Å². The van der Waals surface area contributed by atoms with E-state index < -0.39 is 0 Å². The Morgan fingerprint density at radius 1 is 1.10 bits per heavy atom. The van der Waals surface area contributed by atoms with Crippen molar-refractivity contribution in [2.75, 3.05) is 70.5 Å². The minimum Gasteiger partial charge on any atom is -0.370 e. The summed E-state index contributed by atoms with van der Waals surface area (Å²) in [6, 6.07) is 6.19. The number of rotatable bonds is 6. The van der Waals surface area contributed by atoms with E-state index in [1.54, 1.807) is 4.90 Å². The van der Waals surface area contributed by atoms with E-state index in [0.29, 0.717) is 6.54 Å². The first-order chi connectivity index (χ1) is 14.3. The number of carbonyl (C=O) groups is 1. The molecule has 7 heteroatoms. The molecule has 1 amide bonds. The average molecular weight is 405 g/mol. The van der Waals surface area contributed by atoms with Crippen molar-refractivity contribution in [1.82, 2.24) is 5.32 Å². The van der Waals surface area contributed by atoms with Crippen LogP contribution in [0.2, 0.25) is 0 Å². The normalized spacial score (nSPS) is 23.7. The predicted molar refractivity (Wildman–Crippen MR) is 111 cm³/mol. The number of hydrogen-bond acceptors (Lipinski definition) is 3. The molecule has 7 nitrogen and oxygen atoms in total. The van der Waals surface area contributed by atoms with E-state index in [4.69, 9.17) is 4.74 Å². The Bertz CT molecular complexity index is 636. The van der Waals surface area contributed by atoms with E-state index in [9.17, 15) is 4.79 Å². The molecule has 0 atom stereocenters. The lowest BCUT2D eigenvalue weighted by Gasteiger charge is -2.45. The molecule has 0 unspecified atom stereocenters. The lowest BCUT2D eigenvalue weighted by atomic mass is 9.79. The minimum absolute atomic E-state index is 0.220. The zero-order valence-electron chi connectivity index (χ0n) is 17.7. The Morgan fingerprint density at radius 2 is 1.86 bits per heavy atom. The summed E-state index contributed by atoms with van der Waals surface area (Å²) in [6.07, 6.45) is 8.38. The number of aromatic nitrogens is 1. The number of hydrogen-bond donors (Lipinski definition) is 3. The minimum atomic E-state index is 0.220. The van der Waals surface area contributed by atoms with Crippen LogP contribution in [0.3, 0.4) is 0 Å². The molecule has 4 N–H and O–H groups in total. The van der Waals surface area contributed by atoms with Gasteiger partial charge in [0.15, 0.2) is 6.54 Å². The molecule has 160 valence electrons. The second kappa shape index (κ2) is 9.87. The molecule has 0 bridgehead atoms. The Kier molecular flexibility index (Phi) is 7.00. The van der Waals surface area contributed by atoms with E-state index in [1.165, 1.54) is 42.8 Å². The Labute approximate surface area is 174 Å². The largest absolute Gasteiger partial charge is 0.370 e. The van der Waals surface area contributed by atoms with Crippen molar-refractivity contribution in [2.24, 2.45) is 0 Å². The number of amides is 1. The van der Waals surface area contributed by atoms with Gasteiger partial charge in [0.2, 0.25) is 0 Å². The molecule has 0 aromatic carbocycles. The Balaban J connectivity index is 1.25. The molecule has 1 aromatic heterocycles. The molecule has 3 heterocycles. The van der Waals surface area contributed by atoms with Gasteiger partial charge in [0.25, 0.3) is 11.7 Å². The van der Waals surface area contributed by atoms with Gasteiger partial charge in [-0.05, 0) is 18.9 Å². The van der Waals surface area contributed by atoms with Gasteiger partial charge < -0.3 is 19.9 Å². The van der Waals surface area contributed by atoms with E-state index in [2.05, 4.69) is 27.3 Å². The first-order valence-corrected chi connectivity index (χ1v) is 11.5. The molecule has 1 saturated carbocycles. The number of morpholine rings is 1. The highest BCUT2D eigenvalue weighted by atomic mass is 16.5. The zero-order valence-corrected chi connectivity index (χ0v) is 17.7. The standard InChI is InChI=1S/C22H35N5O2/c28-21(18-25-10-12-26(13-11-25)20-6-2-5-9-23-20)24-19-22(7-3-1-4-8-22)27-14-16-29-17-15-27/h2,5-6,9H,1,3-4,7-8,10-19H2,(H,24,28)/p+3. The maximum Gasteiger partial charge on any atom is 0.275 e. The number of pyridine rings is 1. The molecular formula is C22H38N5O2+3. The van der Waals surface area contributed by atoms with Gasteiger partial charge in [-0.15, -0.1) is 0 Å². The Morgan fingerprint density at radius 3 is 2.55 bits per heavy atom. The fourth-order valence-electron chi connectivity index (χ4n) is 5.41. The molecule has 29 heavy (non-hydrogen) atoms. The van der Waals surface area contributed by atoms with Gasteiger partial charge in [-0.1, -0.05) is 12.5 Å². The van der Waals surface area contributed by atoms with E-state index in [-0.39, 0.29) is 11.4 Å². The summed E-state index contributed by atoms with van der Waals surface area (Å²) in [5, 5.41) is 3.34. The van der Waals surface area contributed by atoms with Gasteiger partial charge in [0.1, 0.15) is 44.8 Å². The van der Waals surface area contributed by atoms with Gasteiger partial charge in [-0.25, -0.2) is 4.98 Å². The molecule has 4 rings (SSSR count). The third-order valence-corrected chi connectivity index (χ3v) is 7.20.